The maximum Gasteiger partial charge on any atom is 0.257 e. The van der Waals surface area contributed by atoms with Gasteiger partial charge in [0.15, 0.2) is 0 Å². The lowest BCUT2D eigenvalue weighted by atomic mass is 10.1. The largest absolute Gasteiger partial charge is 0.593 e. The van der Waals surface area contributed by atoms with Crippen LogP contribution in [0.2, 0.25) is 0 Å². The fraction of sp³-hybridized carbons (Fsp3) is 0.167. The maximum atomic E-state index is 12.0. The standard InChI is InChI=1S/C18H18N2O3/c21-15-5-6-17(22)13(10-15)11-18(23)19-8-7-14-9-12-3-1-2-4-16(12)20-14/h1-6,9-10,20-22H,7-8,11H2,(H,19,23)/p+1. The van der Waals surface area contributed by atoms with Gasteiger partial charge in [-0.25, -0.2) is 0 Å². The number of phenolic OH excluding ortho intramolecular Hbond substituents is 1. The number of aromatic amines is 1. The van der Waals surface area contributed by atoms with E-state index in [1.165, 1.54) is 18.2 Å². The van der Waals surface area contributed by atoms with Crippen LogP contribution in [0.5, 0.6) is 11.5 Å². The van der Waals surface area contributed by atoms with Crippen LogP contribution in [0.15, 0.2) is 48.5 Å². The molecule has 0 bridgehead atoms. The summed E-state index contributed by atoms with van der Waals surface area (Å²) >= 11 is 0. The van der Waals surface area contributed by atoms with Crippen LogP contribution < -0.4 is 5.32 Å². The molecule has 0 aliphatic heterocycles. The topological polar surface area (TPSA) is 88.0 Å². The minimum absolute atomic E-state index is 0.0712. The SMILES string of the molecule is O=C(Cc1cc(O)ccc1[OH2+])NCCc1cc2ccccc2[nH]1. The number of hydrogen-bond donors (Lipinski definition) is 3. The number of benzene rings is 2. The van der Waals surface area contributed by atoms with Gasteiger partial charge in [0.2, 0.25) is 5.91 Å². The minimum Gasteiger partial charge on any atom is -0.593 e. The van der Waals surface area contributed by atoms with Crippen LogP contribution in [0.25, 0.3) is 10.9 Å². The van der Waals surface area contributed by atoms with E-state index in [-0.39, 0.29) is 23.8 Å². The number of aromatic hydroxyl groups is 1. The van der Waals surface area contributed by atoms with Crippen LogP contribution >= 0.6 is 0 Å². The number of fused-ring (bicyclic) bond motifs is 1. The summed E-state index contributed by atoms with van der Waals surface area (Å²) in [6.07, 6.45) is 0.814. The molecule has 0 aliphatic rings. The first-order chi connectivity index (χ1) is 11.1. The molecular formula is C18H19N2O3+. The Hall–Kier alpha value is -2.95. The lowest BCUT2D eigenvalue weighted by Gasteiger charge is -2.05. The van der Waals surface area contributed by atoms with Gasteiger partial charge in [0.1, 0.15) is 5.75 Å². The summed E-state index contributed by atoms with van der Waals surface area (Å²) in [5.74, 6) is 0.177. The second-order valence-electron chi connectivity index (χ2n) is 5.50. The van der Waals surface area contributed by atoms with Gasteiger partial charge in [-0.15, -0.1) is 0 Å². The second kappa shape index (κ2) is 6.44. The van der Waals surface area contributed by atoms with Crippen LogP contribution in [0.1, 0.15) is 11.3 Å². The van der Waals surface area contributed by atoms with Crippen molar-refractivity contribution >= 4 is 16.8 Å². The van der Waals surface area contributed by atoms with Crippen LogP contribution in [-0.4, -0.2) is 27.6 Å². The first-order valence-corrected chi connectivity index (χ1v) is 7.48. The third kappa shape index (κ3) is 3.63. The Morgan fingerprint density at radius 2 is 2.00 bits per heavy atom. The zero-order valence-electron chi connectivity index (χ0n) is 12.6. The average Bonchev–Trinajstić information content (AvgIpc) is 2.93. The molecule has 5 nitrogen and oxygen atoms in total. The number of carbonyl (C=O) groups is 1. The van der Waals surface area contributed by atoms with E-state index in [0.717, 1.165) is 16.6 Å². The van der Waals surface area contributed by atoms with Crippen LogP contribution in [0.4, 0.5) is 0 Å². The molecule has 5 N–H and O–H groups in total. The minimum atomic E-state index is -0.153. The maximum absolute atomic E-state index is 12.0. The van der Waals surface area contributed by atoms with E-state index in [2.05, 4.69) is 16.4 Å². The summed E-state index contributed by atoms with van der Waals surface area (Å²) < 4.78 is 0. The molecule has 1 amide bonds. The van der Waals surface area contributed by atoms with Gasteiger partial charge < -0.3 is 20.5 Å². The molecular weight excluding hydrogens is 292 g/mol. The Balaban J connectivity index is 1.53. The number of phenols is 1. The number of aromatic nitrogens is 1. The molecule has 5 heteroatoms. The van der Waals surface area contributed by atoms with E-state index < -0.39 is 0 Å². The van der Waals surface area contributed by atoms with Crippen molar-refractivity contribution in [1.29, 1.82) is 0 Å². The molecule has 3 rings (SSSR count). The van der Waals surface area contributed by atoms with Crippen molar-refractivity contribution in [2.24, 2.45) is 0 Å². The molecule has 0 fully saturated rings. The summed E-state index contributed by atoms with van der Waals surface area (Å²) in [7, 11) is 0. The van der Waals surface area contributed by atoms with Crippen LogP contribution in [-0.2, 0) is 17.6 Å². The molecule has 1 aromatic heterocycles. The molecule has 0 spiro atoms. The van der Waals surface area contributed by atoms with E-state index in [1.54, 1.807) is 0 Å². The molecule has 0 unspecified atom stereocenters. The predicted octanol–water partition coefficient (Wildman–Crippen LogP) is 2.21. The second-order valence-corrected chi connectivity index (χ2v) is 5.50. The van der Waals surface area contributed by atoms with Crippen molar-refractivity contribution in [3.05, 3.63) is 59.8 Å². The Morgan fingerprint density at radius 1 is 1.17 bits per heavy atom. The number of para-hydroxylation sites is 1. The Morgan fingerprint density at radius 3 is 2.83 bits per heavy atom. The quantitative estimate of drug-likeness (QED) is 0.631. The van der Waals surface area contributed by atoms with Gasteiger partial charge in [0, 0.05) is 30.2 Å². The van der Waals surface area contributed by atoms with Crippen molar-refractivity contribution < 1.29 is 15.0 Å². The highest BCUT2D eigenvalue weighted by Gasteiger charge is 2.11. The first-order valence-electron chi connectivity index (χ1n) is 7.48. The van der Waals surface area contributed by atoms with Crippen LogP contribution in [0, 0.1) is 0 Å². The number of hydrogen-bond acceptors (Lipinski definition) is 2. The van der Waals surface area contributed by atoms with Gasteiger partial charge in [-0.1, -0.05) is 18.2 Å². The number of rotatable bonds is 5. The Bertz CT molecular complexity index is 806. The summed E-state index contributed by atoms with van der Waals surface area (Å²) in [5.41, 5.74) is 2.69. The molecule has 118 valence electrons. The van der Waals surface area contributed by atoms with Gasteiger partial charge in [-0.3, -0.25) is 4.79 Å². The normalized spacial score (nSPS) is 10.8. The zero-order chi connectivity index (χ0) is 16.2. The monoisotopic (exact) mass is 311 g/mol. The average molecular weight is 311 g/mol. The molecule has 2 aromatic carbocycles. The van der Waals surface area contributed by atoms with E-state index in [9.17, 15) is 9.90 Å². The van der Waals surface area contributed by atoms with Crippen LogP contribution in [0.3, 0.4) is 0 Å². The molecule has 0 atom stereocenters. The highest BCUT2D eigenvalue weighted by atomic mass is 16.3. The van der Waals surface area contributed by atoms with E-state index in [0.29, 0.717) is 18.5 Å². The fourth-order valence-corrected chi connectivity index (χ4v) is 2.57. The molecule has 0 aliphatic carbocycles. The van der Waals surface area contributed by atoms with Crippen molar-refractivity contribution in [2.75, 3.05) is 6.54 Å². The Labute approximate surface area is 133 Å². The molecule has 3 aromatic rings. The number of H-pyrrole nitrogens is 1. The molecule has 1 heterocycles. The summed E-state index contributed by atoms with van der Waals surface area (Å²) in [6, 6.07) is 14.5. The van der Waals surface area contributed by atoms with Crippen molar-refractivity contribution in [1.82, 2.24) is 10.3 Å². The third-order valence-corrected chi connectivity index (χ3v) is 3.74. The van der Waals surface area contributed by atoms with Crippen molar-refractivity contribution in [3.8, 4) is 11.5 Å². The Kier molecular flexibility index (Phi) is 4.19. The smallest absolute Gasteiger partial charge is 0.257 e. The van der Waals surface area contributed by atoms with E-state index in [4.69, 9.17) is 5.11 Å². The van der Waals surface area contributed by atoms with Crippen molar-refractivity contribution in [2.45, 2.75) is 12.8 Å². The molecule has 23 heavy (non-hydrogen) atoms. The number of carbonyl (C=O) groups excluding carboxylic acids is 1. The van der Waals surface area contributed by atoms with Crippen molar-refractivity contribution in [3.63, 3.8) is 0 Å². The lowest BCUT2D eigenvalue weighted by molar-refractivity contribution is -0.120. The molecule has 0 radical (unpaired) electrons. The van der Waals surface area contributed by atoms with E-state index in [1.807, 2.05) is 24.3 Å². The van der Waals surface area contributed by atoms with E-state index >= 15 is 0 Å². The van der Waals surface area contributed by atoms with Gasteiger partial charge >= 0.3 is 0 Å². The summed E-state index contributed by atoms with van der Waals surface area (Å²) in [5, 5.41) is 21.2. The van der Waals surface area contributed by atoms with Gasteiger partial charge in [-0.05, 0) is 29.7 Å². The third-order valence-electron chi connectivity index (χ3n) is 3.74. The van der Waals surface area contributed by atoms with Gasteiger partial charge in [-0.2, -0.15) is 0 Å². The number of nitrogens with one attached hydrogen (secondary N) is 2. The molecule has 0 saturated carbocycles. The fourth-order valence-electron chi connectivity index (χ4n) is 2.57. The van der Waals surface area contributed by atoms with Gasteiger partial charge in [0.05, 0.1) is 12.0 Å². The highest BCUT2D eigenvalue weighted by molar-refractivity contribution is 5.80. The number of amides is 1. The zero-order valence-corrected chi connectivity index (χ0v) is 12.6. The highest BCUT2D eigenvalue weighted by Crippen LogP contribution is 2.22. The molecule has 0 saturated heterocycles. The first kappa shape index (κ1) is 15.0. The predicted molar refractivity (Wildman–Crippen MR) is 89.9 cm³/mol. The summed E-state index contributed by atoms with van der Waals surface area (Å²) in [6.45, 7) is 0.526. The van der Waals surface area contributed by atoms with Gasteiger partial charge in [0.25, 0.3) is 5.75 Å². The lowest BCUT2D eigenvalue weighted by Crippen LogP contribution is -2.27. The summed E-state index contributed by atoms with van der Waals surface area (Å²) in [4.78, 5) is 15.3.